The minimum Gasteiger partial charge on any atom is -0.495 e. The molecule has 0 aliphatic rings. The topological polar surface area (TPSA) is 174 Å². The average Bonchev–Trinajstić information content (AvgIpc) is 3.09. The van der Waals surface area contributed by atoms with Crippen LogP contribution in [0.3, 0.4) is 0 Å². The van der Waals surface area contributed by atoms with Crippen molar-refractivity contribution in [3.8, 4) is 17.6 Å². The number of benzene rings is 2. The van der Waals surface area contributed by atoms with Gasteiger partial charge in [0.2, 0.25) is 0 Å². The zero-order valence-electron chi connectivity index (χ0n) is 27.7. The van der Waals surface area contributed by atoms with Crippen molar-refractivity contribution in [3.05, 3.63) is 53.6 Å². The number of nitriles is 1. The van der Waals surface area contributed by atoms with Crippen LogP contribution in [0.15, 0.2) is 57.6 Å². The predicted octanol–water partition coefficient (Wildman–Crippen LogP) is 5.06. The first kappa shape index (κ1) is 37.3. The highest BCUT2D eigenvalue weighted by Gasteiger charge is 2.21. The second-order valence-electron chi connectivity index (χ2n) is 10.5. The molecule has 2 unspecified atom stereocenters. The number of nitrogens with one attached hydrogen (secondary N) is 2. The Morgan fingerprint density at radius 3 is 2.43 bits per heavy atom. The number of rotatable bonds is 20. The number of azo groups is 1. The number of aliphatic hydroxyl groups is 2. The molecule has 1 aromatic heterocycles. The number of aliphatic hydroxyl groups excluding tert-OH is 2. The maximum atomic E-state index is 13.5. The van der Waals surface area contributed by atoms with Gasteiger partial charge in [0.1, 0.15) is 34.8 Å². The smallest absolute Gasteiger partial charge is 0.161 e. The summed E-state index contributed by atoms with van der Waals surface area (Å²) in [5, 5.41) is 43.9. The molecule has 2 aromatic carbocycles. The Morgan fingerprint density at radius 1 is 1.04 bits per heavy atom. The van der Waals surface area contributed by atoms with Crippen LogP contribution in [0.5, 0.6) is 11.5 Å². The van der Waals surface area contributed by atoms with Crippen LogP contribution in [0.25, 0.3) is 0 Å². The number of anilines is 3. The highest BCUT2D eigenvalue weighted by molar-refractivity contribution is 7.85. The molecule has 1 heterocycles. The Morgan fingerprint density at radius 2 is 1.79 bits per heavy atom. The maximum absolute atomic E-state index is 13.5. The minimum atomic E-state index is -1.42. The molecular formula is C33H45N7O6S. The molecule has 13 nitrogen and oxygen atoms in total. The van der Waals surface area contributed by atoms with E-state index in [1.165, 1.54) is 14.2 Å². The summed E-state index contributed by atoms with van der Waals surface area (Å²) < 4.78 is 30.0. The van der Waals surface area contributed by atoms with E-state index in [1.807, 2.05) is 30.3 Å². The van der Waals surface area contributed by atoms with Crippen molar-refractivity contribution >= 4 is 39.5 Å². The number of hydrogen-bond donors (Lipinski definition) is 4. The molecule has 0 fully saturated rings. The minimum absolute atomic E-state index is 0.0287. The Balaban J connectivity index is 1.99. The van der Waals surface area contributed by atoms with Crippen LogP contribution in [0.1, 0.15) is 31.4 Å². The molecule has 3 rings (SSSR count). The van der Waals surface area contributed by atoms with Crippen LogP contribution in [-0.2, 0) is 15.5 Å². The zero-order chi connectivity index (χ0) is 34.2. The summed E-state index contributed by atoms with van der Waals surface area (Å²) in [6.07, 6.45) is 0.913. The molecule has 0 saturated heterocycles. The van der Waals surface area contributed by atoms with Crippen LogP contribution in [0, 0.1) is 18.3 Å². The van der Waals surface area contributed by atoms with Crippen LogP contribution >= 0.6 is 0 Å². The first-order valence-electron chi connectivity index (χ1n) is 15.4. The van der Waals surface area contributed by atoms with Crippen molar-refractivity contribution in [1.82, 2.24) is 9.88 Å². The van der Waals surface area contributed by atoms with Crippen molar-refractivity contribution in [2.24, 2.45) is 10.2 Å². The van der Waals surface area contributed by atoms with Crippen molar-refractivity contribution < 1.29 is 28.6 Å². The van der Waals surface area contributed by atoms with Gasteiger partial charge in [-0.3, -0.25) is 9.11 Å². The third kappa shape index (κ3) is 10.4. The lowest BCUT2D eigenvalue weighted by molar-refractivity contribution is 0.0992. The summed E-state index contributed by atoms with van der Waals surface area (Å²) in [7, 11) is 1.56. The molecule has 0 radical (unpaired) electrons. The van der Waals surface area contributed by atoms with Crippen LogP contribution < -0.4 is 20.1 Å². The zero-order valence-corrected chi connectivity index (χ0v) is 28.5. The monoisotopic (exact) mass is 667 g/mol. The second-order valence-corrected chi connectivity index (χ2v) is 12.0. The van der Waals surface area contributed by atoms with E-state index in [9.17, 15) is 14.6 Å². The summed E-state index contributed by atoms with van der Waals surface area (Å²) in [6.45, 7) is 7.83. The quantitative estimate of drug-likeness (QED) is 0.0937. The van der Waals surface area contributed by atoms with Gasteiger partial charge in [-0.05, 0) is 32.4 Å². The average molecular weight is 668 g/mol. The number of nitrogens with zero attached hydrogens (tertiary/aromatic N) is 5. The molecule has 3 aromatic rings. The molecule has 0 spiro atoms. The van der Waals surface area contributed by atoms with Crippen molar-refractivity contribution in [2.45, 2.75) is 38.1 Å². The van der Waals surface area contributed by atoms with E-state index in [0.29, 0.717) is 82.5 Å². The van der Waals surface area contributed by atoms with Gasteiger partial charge in [0.25, 0.3) is 0 Å². The van der Waals surface area contributed by atoms with Crippen LogP contribution in [0.2, 0.25) is 0 Å². The lowest BCUT2D eigenvalue weighted by atomic mass is 10.1. The Kier molecular flexibility index (Phi) is 15.5. The van der Waals surface area contributed by atoms with E-state index in [4.69, 9.17) is 24.3 Å². The summed E-state index contributed by atoms with van der Waals surface area (Å²) in [5.74, 6) is 1.78. The summed E-state index contributed by atoms with van der Waals surface area (Å²) in [6, 6.07) is 15.1. The molecule has 254 valence electrons. The largest absolute Gasteiger partial charge is 0.495 e. The van der Waals surface area contributed by atoms with Gasteiger partial charge in [0.15, 0.2) is 5.82 Å². The number of para-hydroxylation sites is 1. The number of pyridine rings is 1. The lowest BCUT2D eigenvalue weighted by Gasteiger charge is -2.27. The van der Waals surface area contributed by atoms with Gasteiger partial charge in [-0.15, -0.1) is 10.2 Å². The van der Waals surface area contributed by atoms with Crippen molar-refractivity contribution in [2.75, 3.05) is 76.7 Å². The summed E-state index contributed by atoms with van der Waals surface area (Å²) in [4.78, 5) is 7.27. The van der Waals surface area contributed by atoms with E-state index in [2.05, 4.69) is 45.7 Å². The summed E-state index contributed by atoms with van der Waals surface area (Å²) in [5.41, 5.74) is 2.27. The lowest BCUT2D eigenvalue weighted by Crippen LogP contribution is -2.37. The van der Waals surface area contributed by atoms with Crippen molar-refractivity contribution in [3.63, 3.8) is 0 Å². The maximum Gasteiger partial charge on any atom is 0.161 e. The molecule has 0 saturated carbocycles. The third-order valence-electron chi connectivity index (χ3n) is 7.47. The van der Waals surface area contributed by atoms with E-state index < -0.39 is 10.8 Å². The molecular weight excluding hydrogens is 622 g/mol. The Labute approximate surface area is 279 Å². The van der Waals surface area contributed by atoms with E-state index >= 15 is 0 Å². The fourth-order valence-electron chi connectivity index (χ4n) is 4.70. The highest BCUT2D eigenvalue weighted by atomic mass is 32.2. The fraction of sp³-hybridized carbons (Fsp3) is 0.455. The first-order valence-corrected chi connectivity index (χ1v) is 16.7. The fourth-order valence-corrected chi connectivity index (χ4v) is 5.92. The number of methoxy groups -OCH3 is 2. The van der Waals surface area contributed by atoms with Crippen LogP contribution in [-0.4, -0.2) is 96.4 Å². The van der Waals surface area contributed by atoms with Gasteiger partial charge in [-0.1, -0.05) is 25.1 Å². The number of hydrogen-bond acceptors (Lipinski definition) is 13. The van der Waals surface area contributed by atoms with Gasteiger partial charge in [-0.2, -0.15) is 5.26 Å². The molecule has 2 atom stereocenters. The molecule has 0 aliphatic carbocycles. The van der Waals surface area contributed by atoms with Gasteiger partial charge in [0.05, 0.1) is 61.9 Å². The van der Waals surface area contributed by atoms with E-state index in [0.717, 1.165) is 12.1 Å². The molecule has 4 N–H and O–H groups in total. The first-order chi connectivity index (χ1) is 22.8. The summed E-state index contributed by atoms with van der Waals surface area (Å²) >= 11 is 0. The standard InChI is InChI=1S/C33H45N7O6S/c1-6-23(2)40(13-15-41)14-19-47(43)30-21-28(44-4)27(20-29(30)45-5)38-39-31-24(3)26(22-34)32(35-12-17-46-18-16-42)37-33(31)36-25-10-8-7-9-11-25/h7-11,20-21,23,41-42H,6,12-19H2,1-5H3,(H2,35,36,37). The second kappa shape index (κ2) is 19.5. The predicted molar refractivity (Wildman–Crippen MR) is 183 cm³/mol. The number of ether oxygens (including phenoxy) is 3. The molecule has 47 heavy (non-hydrogen) atoms. The number of aromatic nitrogens is 1. The Bertz CT molecular complexity index is 1530. The highest BCUT2D eigenvalue weighted by Crippen LogP contribution is 2.40. The normalized spacial score (nSPS) is 12.6. The SMILES string of the molecule is CCC(C)N(CCO)CCS(=O)c1cc(OC)c(N=Nc2c(Nc3ccccc3)nc(NCCOCCO)c(C#N)c2C)cc1OC. The van der Waals surface area contributed by atoms with Crippen molar-refractivity contribution in [1.29, 1.82) is 5.26 Å². The van der Waals surface area contributed by atoms with Gasteiger partial charge in [-0.25, -0.2) is 4.98 Å². The Hall–Kier alpha value is -4.13. The van der Waals surface area contributed by atoms with E-state index in [-0.39, 0.29) is 25.9 Å². The van der Waals surface area contributed by atoms with E-state index in [1.54, 1.807) is 19.1 Å². The van der Waals surface area contributed by atoms with Gasteiger partial charge >= 0.3 is 0 Å². The van der Waals surface area contributed by atoms with Gasteiger partial charge < -0.3 is 35.1 Å². The molecule has 0 bridgehead atoms. The molecule has 0 amide bonds. The van der Waals surface area contributed by atoms with Crippen LogP contribution in [0.4, 0.5) is 28.7 Å². The third-order valence-corrected chi connectivity index (χ3v) is 8.83. The molecule has 0 aliphatic heterocycles. The van der Waals surface area contributed by atoms with Gasteiger partial charge in [0, 0.05) is 54.8 Å². The molecule has 14 heteroatoms.